The standard InChI is InChI=1S/C10H16N2S/c1-6(2)7-3-4-8-9(5-7)13-10(11)12-8/h6-7H,3-5H2,1-2H3,(H2,11,12). The number of hydrogen-bond acceptors (Lipinski definition) is 3. The summed E-state index contributed by atoms with van der Waals surface area (Å²) in [5.74, 6) is 1.63. The molecule has 0 aromatic carbocycles. The zero-order valence-corrected chi connectivity index (χ0v) is 9.03. The molecular formula is C10H16N2S. The minimum atomic E-state index is 0.745. The lowest BCUT2D eigenvalue weighted by molar-refractivity contribution is 0.344. The molecule has 2 rings (SSSR count). The molecule has 13 heavy (non-hydrogen) atoms. The van der Waals surface area contributed by atoms with Gasteiger partial charge >= 0.3 is 0 Å². The van der Waals surface area contributed by atoms with E-state index in [4.69, 9.17) is 5.73 Å². The van der Waals surface area contributed by atoms with Crippen molar-refractivity contribution in [3.63, 3.8) is 0 Å². The van der Waals surface area contributed by atoms with E-state index >= 15 is 0 Å². The van der Waals surface area contributed by atoms with Gasteiger partial charge in [-0.15, -0.1) is 11.3 Å². The second kappa shape index (κ2) is 3.29. The van der Waals surface area contributed by atoms with E-state index in [1.54, 1.807) is 11.3 Å². The van der Waals surface area contributed by atoms with Crippen molar-refractivity contribution in [3.8, 4) is 0 Å². The number of nitrogens with zero attached hydrogens (tertiary/aromatic N) is 1. The zero-order chi connectivity index (χ0) is 9.42. The molecule has 0 radical (unpaired) electrons. The van der Waals surface area contributed by atoms with Crippen LogP contribution in [0.1, 0.15) is 30.8 Å². The summed E-state index contributed by atoms with van der Waals surface area (Å²) in [5.41, 5.74) is 6.95. The van der Waals surface area contributed by atoms with Crippen LogP contribution in [0.2, 0.25) is 0 Å². The number of aromatic nitrogens is 1. The van der Waals surface area contributed by atoms with Crippen molar-refractivity contribution >= 4 is 16.5 Å². The van der Waals surface area contributed by atoms with Crippen molar-refractivity contribution in [2.75, 3.05) is 5.73 Å². The first-order valence-electron chi connectivity index (χ1n) is 4.91. The zero-order valence-electron chi connectivity index (χ0n) is 8.21. The second-order valence-corrected chi connectivity index (χ2v) is 5.28. The Kier molecular flexibility index (Phi) is 2.28. The number of nitrogens with two attached hydrogens (primary N) is 1. The van der Waals surface area contributed by atoms with Gasteiger partial charge in [0.2, 0.25) is 0 Å². The van der Waals surface area contributed by atoms with Gasteiger partial charge in [0.05, 0.1) is 5.69 Å². The van der Waals surface area contributed by atoms with Crippen molar-refractivity contribution in [2.24, 2.45) is 11.8 Å². The van der Waals surface area contributed by atoms with Gasteiger partial charge in [0, 0.05) is 4.88 Å². The summed E-state index contributed by atoms with van der Waals surface area (Å²) in [4.78, 5) is 5.77. The molecule has 1 aliphatic rings. The Morgan fingerprint density at radius 1 is 1.54 bits per heavy atom. The number of rotatable bonds is 1. The van der Waals surface area contributed by atoms with E-state index in [2.05, 4.69) is 18.8 Å². The molecule has 1 aromatic rings. The SMILES string of the molecule is CC(C)C1CCc2nc(N)sc2C1. The molecular weight excluding hydrogens is 180 g/mol. The van der Waals surface area contributed by atoms with Crippen LogP contribution < -0.4 is 5.73 Å². The molecule has 1 aliphatic carbocycles. The number of fused-ring (bicyclic) bond motifs is 1. The highest BCUT2D eigenvalue weighted by molar-refractivity contribution is 7.15. The summed E-state index contributed by atoms with van der Waals surface area (Å²) < 4.78 is 0. The number of thiazole rings is 1. The predicted molar refractivity (Wildman–Crippen MR) is 56.9 cm³/mol. The predicted octanol–water partition coefficient (Wildman–Crippen LogP) is 2.49. The molecule has 2 N–H and O–H groups in total. The fourth-order valence-electron chi connectivity index (χ4n) is 1.99. The maximum atomic E-state index is 5.69. The van der Waals surface area contributed by atoms with Gasteiger partial charge in [-0.2, -0.15) is 0 Å². The molecule has 0 bridgehead atoms. The molecule has 0 aliphatic heterocycles. The first kappa shape index (κ1) is 9.00. The Labute approximate surface area is 83.2 Å². The van der Waals surface area contributed by atoms with E-state index in [0.29, 0.717) is 0 Å². The van der Waals surface area contributed by atoms with Crippen LogP contribution in [0.15, 0.2) is 0 Å². The average Bonchev–Trinajstić information content (AvgIpc) is 2.42. The molecule has 0 saturated heterocycles. The normalized spacial score (nSPS) is 21.9. The Hall–Kier alpha value is -0.570. The fourth-order valence-corrected chi connectivity index (χ4v) is 2.96. The minimum Gasteiger partial charge on any atom is -0.375 e. The summed E-state index contributed by atoms with van der Waals surface area (Å²) in [6.45, 7) is 4.61. The lowest BCUT2D eigenvalue weighted by Gasteiger charge is -2.24. The maximum Gasteiger partial charge on any atom is 0.180 e. The molecule has 2 nitrogen and oxygen atoms in total. The molecule has 1 unspecified atom stereocenters. The molecule has 1 atom stereocenters. The van der Waals surface area contributed by atoms with Crippen LogP contribution >= 0.6 is 11.3 Å². The van der Waals surface area contributed by atoms with Gasteiger partial charge in [0.1, 0.15) is 0 Å². The largest absolute Gasteiger partial charge is 0.375 e. The van der Waals surface area contributed by atoms with Crippen molar-refractivity contribution in [2.45, 2.75) is 33.1 Å². The van der Waals surface area contributed by atoms with Gasteiger partial charge in [-0.05, 0) is 31.1 Å². The van der Waals surface area contributed by atoms with E-state index in [0.717, 1.165) is 23.4 Å². The van der Waals surface area contributed by atoms with Crippen LogP contribution in [0.3, 0.4) is 0 Å². The third-order valence-corrected chi connectivity index (χ3v) is 3.89. The number of hydrogen-bond donors (Lipinski definition) is 1. The van der Waals surface area contributed by atoms with E-state index in [1.807, 2.05) is 0 Å². The molecule has 0 fully saturated rings. The Morgan fingerprint density at radius 3 is 3.00 bits per heavy atom. The minimum absolute atomic E-state index is 0.745. The molecule has 0 saturated carbocycles. The van der Waals surface area contributed by atoms with E-state index in [9.17, 15) is 0 Å². The van der Waals surface area contributed by atoms with Gasteiger partial charge in [0.25, 0.3) is 0 Å². The van der Waals surface area contributed by atoms with E-state index in [1.165, 1.54) is 23.4 Å². The van der Waals surface area contributed by atoms with Gasteiger partial charge in [-0.3, -0.25) is 0 Å². The van der Waals surface area contributed by atoms with Crippen LogP contribution in [0.4, 0.5) is 5.13 Å². The van der Waals surface area contributed by atoms with E-state index < -0.39 is 0 Å². The maximum absolute atomic E-state index is 5.69. The summed E-state index contributed by atoms with van der Waals surface area (Å²) >= 11 is 1.68. The van der Waals surface area contributed by atoms with Gasteiger partial charge < -0.3 is 5.73 Å². The molecule has 1 heterocycles. The third kappa shape index (κ3) is 1.70. The summed E-state index contributed by atoms with van der Waals surface area (Å²) in [6.07, 6.45) is 3.61. The van der Waals surface area contributed by atoms with Crippen molar-refractivity contribution in [1.29, 1.82) is 0 Å². The number of anilines is 1. The van der Waals surface area contributed by atoms with Gasteiger partial charge in [-0.1, -0.05) is 13.8 Å². The third-order valence-electron chi connectivity index (χ3n) is 2.94. The second-order valence-electron chi connectivity index (χ2n) is 4.17. The highest BCUT2D eigenvalue weighted by Gasteiger charge is 2.23. The lowest BCUT2D eigenvalue weighted by Crippen LogP contribution is -2.17. The topological polar surface area (TPSA) is 38.9 Å². The lowest BCUT2D eigenvalue weighted by atomic mass is 9.83. The van der Waals surface area contributed by atoms with Crippen LogP contribution in [-0.2, 0) is 12.8 Å². The van der Waals surface area contributed by atoms with E-state index in [-0.39, 0.29) is 0 Å². The summed E-state index contributed by atoms with van der Waals surface area (Å²) in [6, 6.07) is 0. The Morgan fingerprint density at radius 2 is 2.31 bits per heavy atom. The molecule has 0 amide bonds. The first-order valence-corrected chi connectivity index (χ1v) is 5.72. The van der Waals surface area contributed by atoms with Gasteiger partial charge in [0.15, 0.2) is 5.13 Å². The Bertz CT molecular complexity index is 304. The summed E-state index contributed by atoms with van der Waals surface area (Å²) in [7, 11) is 0. The van der Waals surface area contributed by atoms with Crippen LogP contribution in [0.25, 0.3) is 0 Å². The van der Waals surface area contributed by atoms with Crippen LogP contribution in [-0.4, -0.2) is 4.98 Å². The average molecular weight is 196 g/mol. The molecule has 0 spiro atoms. The fraction of sp³-hybridized carbons (Fsp3) is 0.700. The Balaban J connectivity index is 2.19. The van der Waals surface area contributed by atoms with Crippen molar-refractivity contribution < 1.29 is 0 Å². The highest BCUT2D eigenvalue weighted by Crippen LogP contribution is 2.33. The monoisotopic (exact) mass is 196 g/mol. The number of nitrogen functional groups attached to an aromatic ring is 1. The quantitative estimate of drug-likeness (QED) is 0.749. The highest BCUT2D eigenvalue weighted by atomic mass is 32.1. The van der Waals surface area contributed by atoms with Gasteiger partial charge in [-0.25, -0.2) is 4.98 Å². The number of aryl methyl sites for hydroxylation is 1. The van der Waals surface area contributed by atoms with Crippen LogP contribution in [0, 0.1) is 11.8 Å². The first-order chi connectivity index (χ1) is 6.16. The molecule has 72 valence electrons. The van der Waals surface area contributed by atoms with Crippen molar-refractivity contribution in [3.05, 3.63) is 10.6 Å². The molecule has 3 heteroatoms. The smallest absolute Gasteiger partial charge is 0.180 e. The summed E-state index contributed by atoms with van der Waals surface area (Å²) in [5, 5.41) is 0.745. The van der Waals surface area contributed by atoms with Crippen molar-refractivity contribution in [1.82, 2.24) is 4.98 Å². The molecule has 1 aromatic heterocycles. The van der Waals surface area contributed by atoms with Crippen LogP contribution in [0.5, 0.6) is 0 Å².